The first-order chi connectivity index (χ1) is 21.8. The average molecular weight is 562 g/mol. The van der Waals surface area contributed by atoms with Crippen LogP contribution in [0.3, 0.4) is 0 Å². The normalized spacial score (nSPS) is 12.1. The van der Waals surface area contributed by atoms with Crippen LogP contribution in [0.25, 0.3) is 88.3 Å². The first-order valence-electron chi connectivity index (χ1n) is 14.8. The van der Waals surface area contributed by atoms with E-state index in [1.165, 1.54) is 16.2 Å². The van der Waals surface area contributed by atoms with Gasteiger partial charge in [0.2, 0.25) is 5.95 Å². The van der Waals surface area contributed by atoms with Gasteiger partial charge in [-0.1, -0.05) is 115 Å². The molecule has 5 heteroatoms. The van der Waals surface area contributed by atoms with Crippen LogP contribution in [-0.2, 0) is 0 Å². The molecule has 204 valence electrons. The number of hydrogen-bond acceptors (Lipinski definition) is 3. The molecule has 0 amide bonds. The Labute approximate surface area is 251 Å². The molecule has 4 aromatic heterocycles. The second kappa shape index (κ2) is 8.72. The van der Waals surface area contributed by atoms with Gasteiger partial charge in [0.1, 0.15) is 11.2 Å². The average Bonchev–Trinajstić information content (AvgIpc) is 3.63. The Kier molecular flexibility index (Phi) is 4.66. The van der Waals surface area contributed by atoms with Crippen molar-refractivity contribution in [3.8, 4) is 17.2 Å². The summed E-state index contributed by atoms with van der Waals surface area (Å²) in [7, 11) is 0. The molecule has 0 radical (unpaired) electrons. The smallest absolute Gasteiger partial charge is 0.237 e. The van der Waals surface area contributed by atoms with Crippen LogP contribution >= 0.6 is 0 Å². The van der Waals surface area contributed by atoms with E-state index in [9.17, 15) is 0 Å². The molecule has 10 aromatic rings. The SMILES string of the molecule is c1ccc(-c2nc(-n3c4ccccc4c4nc5c6ccccc6c6ccccc6n5c43)nc3cc4ccccc4cc23)cc1. The molecule has 0 aliphatic heterocycles. The molecule has 10 rings (SSSR count). The van der Waals surface area contributed by atoms with Crippen molar-refractivity contribution >= 4 is 71.1 Å². The van der Waals surface area contributed by atoms with Crippen LogP contribution in [0.2, 0.25) is 0 Å². The van der Waals surface area contributed by atoms with Gasteiger partial charge in [0.05, 0.1) is 22.2 Å². The standard InChI is InChI=1S/C39H23N5/c1-2-12-24(13-3-1)35-31-22-25-14-4-5-15-26(25)23-32(31)40-39(42-35)44-34-21-11-9-19-30(34)36-38(44)43-33-20-10-8-17-28(33)27-16-6-7-18-29(27)37(43)41-36/h1-23H. The van der Waals surface area contributed by atoms with Crippen molar-refractivity contribution in [2.75, 3.05) is 0 Å². The molecule has 6 aromatic carbocycles. The summed E-state index contributed by atoms with van der Waals surface area (Å²) in [6, 6.07) is 48.8. The van der Waals surface area contributed by atoms with Gasteiger partial charge in [-0.05, 0) is 40.4 Å². The maximum absolute atomic E-state index is 5.36. The number of pyridine rings is 1. The van der Waals surface area contributed by atoms with Gasteiger partial charge in [0.25, 0.3) is 0 Å². The fourth-order valence-corrected chi connectivity index (χ4v) is 6.92. The van der Waals surface area contributed by atoms with Crippen LogP contribution < -0.4 is 0 Å². The number of rotatable bonds is 2. The zero-order chi connectivity index (χ0) is 28.8. The Hall–Kier alpha value is -6.07. The Morgan fingerprint density at radius 3 is 1.91 bits per heavy atom. The van der Waals surface area contributed by atoms with E-state index >= 15 is 0 Å². The number of fused-ring (bicyclic) bond motifs is 12. The van der Waals surface area contributed by atoms with Crippen LogP contribution in [0.5, 0.6) is 0 Å². The second-order valence-electron chi connectivity index (χ2n) is 11.3. The third kappa shape index (κ3) is 3.15. The summed E-state index contributed by atoms with van der Waals surface area (Å²) in [5.41, 5.74) is 7.82. The van der Waals surface area contributed by atoms with Crippen molar-refractivity contribution in [1.82, 2.24) is 23.9 Å². The molecule has 0 aliphatic rings. The highest BCUT2D eigenvalue weighted by Gasteiger charge is 2.23. The number of para-hydroxylation sites is 2. The maximum atomic E-state index is 5.36. The zero-order valence-corrected chi connectivity index (χ0v) is 23.5. The van der Waals surface area contributed by atoms with E-state index in [2.05, 4.69) is 142 Å². The van der Waals surface area contributed by atoms with E-state index in [0.717, 1.165) is 66.2 Å². The molecule has 0 unspecified atom stereocenters. The van der Waals surface area contributed by atoms with Crippen molar-refractivity contribution in [1.29, 1.82) is 0 Å². The van der Waals surface area contributed by atoms with E-state index in [1.807, 2.05) is 6.07 Å². The predicted molar refractivity (Wildman–Crippen MR) is 181 cm³/mol. The molecule has 44 heavy (non-hydrogen) atoms. The minimum absolute atomic E-state index is 0.622. The minimum Gasteiger partial charge on any atom is -0.277 e. The monoisotopic (exact) mass is 561 g/mol. The summed E-state index contributed by atoms with van der Waals surface area (Å²) >= 11 is 0. The van der Waals surface area contributed by atoms with Gasteiger partial charge in [0.15, 0.2) is 5.65 Å². The summed E-state index contributed by atoms with van der Waals surface area (Å²) in [6.45, 7) is 0. The Balaban J connectivity index is 1.42. The number of benzene rings is 6. The van der Waals surface area contributed by atoms with Crippen LogP contribution in [0, 0.1) is 0 Å². The molecule has 0 atom stereocenters. The third-order valence-electron chi connectivity index (χ3n) is 8.87. The van der Waals surface area contributed by atoms with Gasteiger partial charge < -0.3 is 0 Å². The fourth-order valence-electron chi connectivity index (χ4n) is 6.92. The van der Waals surface area contributed by atoms with Gasteiger partial charge >= 0.3 is 0 Å². The van der Waals surface area contributed by atoms with Crippen molar-refractivity contribution in [3.05, 3.63) is 140 Å². The van der Waals surface area contributed by atoms with Crippen molar-refractivity contribution in [3.63, 3.8) is 0 Å². The highest BCUT2D eigenvalue weighted by molar-refractivity contribution is 6.16. The number of imidazole rings is 1. The van der Waals surface area contributed by atoms with E-state index in [0.29, 0.717) is 5.95 Å². The van der Waals surface area contributed by atoms with E-state index in [1.54, 1.807) is 0 Å². The molecular weight excluding hydrogens is 538 g/mol. The van der Waals surface area contributed by atoms with E-state index < -0.39 is 0 Å². The second-order valence-corrected chi connectivity index (χ2v) is 11.3. The summed E-state index contributed by atoms with van der Waals surface area (Å²) in [6.07, 6.45) is 0. The van der Waals surface area contributed by atoms with Crippen LogP contribution in [-0.4, -0.2) is 23.9 Å². The van der Waals surface area contributed by atoms with Gasteiger partial charge in [-0.3, -0.25) is 8.97 Å². The molecule has 0 saturated heterocycles. The first kappa shape index (κ1) is 23.5. The molecule has 0 spiro atoms. The van der Waals surface area contributed by atoms with E-state index in [4.69, 9.17) is 15.0 Å². The van der Waals surface area contributed by atoms with E-state index in [-0.39, 0.29) is 0 Å². The Morgan fingerprint density at radius 2 is 1.09 bits per heavy atom. The van der Waals surface area contributed by atoms with Gasteiger partial charge in [-0.2, -0.15) is 0 Å². The van der Waals surface area contributed by atoms with Gasteiger partial charge in [-0.25, -0.2) is 15.0 Å². The van der Waals surface area contributed by atoms with Gasteiger partial charge in [-0.15, -0.1) is 0 Å². The number of aromatic nitrogens is 5. The molecule has 5 nitrogen and oxygen atoms in total. The Morgan fingerprint density at radius 1 is 0.455 bits per heavy atom. The molecule has 0 aliphatic carbocycles. The van der Waals surface area contributed by atoms with Crippen LogP contribution in [0.1, 0.15) is 0 Å². The van der Waals surface area contributed by atoms with Crippen LogP contribution in [0.15, 0.2) is 140 Å². The van der Waals surface area contributed by atoms with Crippen molar-refractivity contribution < 1.29 is 0 Å². The number of nitrogens with zero attached hydrogens (tertiary/aromatic N) is 5. The minimum atomic E-state index is 0.622. The largest absolute Gasteiger partial charge is 0.277 e. The van der Waals surface area contributed by atoms with Crippen LogP contribution in [0.4, 0.5) is 0 Å². The summed E-state index contributed by atoms with van der Waals surface area (Å²) in [5.74, 6) is 0.622. The summed E-state index contributed by atoms with van der Waals surface area (Å²) in [4.78, 5) is 16.0. The lowest BCUT2D eigenvalue weighted by molar-refractivity contribution is 0.993. The van der Waals surface area contributed by atoms with Crippen molar-refractivity contribution in [2.24, 2.45) is 0 Å². The molecule has 0 fully saturated rings. The predicted octanol–water partition coefficient (Wildman–Crippen LogP) is 9.50. The zero-order valence-electron chi connectivity index (χ0n) is 23.5. The molecule has 4 heterocycles. The summed E-state index contributed by atoms with van der Waals surface area (Å²) < 4.78 is 4.50. The highest BCUT2D eigenvalue weighted by Crippen LogP contribution is 2.38. The molecule has 0 bridgehead atoms. The Bertz CT molecular complexity index is 2770. The number of hydrogen-bond donors (Lipinski definition) is 0. The third-order valence-corrected chi connectivity index (χ3v) is 8.87. The molecule has 0 saturated carbocycles. The highest BCUT2D eigenvalue weighted by atomic mass is 15.2. The topological polar surface area (TPSA) is 48.0 Å². The molecule has 0 N–H and O–H groups in total. The lowest BCUT2D eigenvalue weighted by Gasteiger charge is -2.14. The lowest BCUT2D eigenvalue weighted by atomic mass is 10.0. The van der Waals surface area contributed by atoms with Crippen molar-refractivity contribution in [2.45, 2.75) is 0 Å². The lowest BCUT2D eigenvalue weighted by Crippen LogP contribution is -2.05. The summed E-state index contributed by atoms with van der Waals surface area (Å²) in [5, 5.41) is 7.92. The van der Waals surface area contributed by atoms with Gasteiger partial charge in [0, 0.05) is 27.1 Å². The molecular formula is C39H23N5. The quantitative estimate of drug-likeness (QED) is 0.156. The first-order valence-corrected chi connectivity index (χ1v) is 14.8. The fraction of sp³-hybridized carbons (Fsp3) is 0. The maximum Gasteiger partial charge on any atom is 0.237 e.